The molecule has 138 valence electrons. The molecule has 1 heterocycles. The maximum Gasteiger partial charge on any atom is 0.264 e. The standard InChI is InChI=1S/C21H19FN2O2S/c1-14-7-9-15(10-8-14)23-20(25)13-24(2)21(26)19-12-11-18(27-19)16-5-3-4-6-17(16)22/h3-12H,13H2,1-2H3,(H,23,25). The molecule has 2 aromatic carbocycles. The molecule has 0 bridgehead atoms. The summed E-state index contributed by atoms with van der Waals surface area (Å²) < 4.78 is 13.9. The van der Waals surface area contributed by atoms with Crippen LogP contribution in [0.25, 0.3) is 10.4 Å². The molecule has 0 aliphatic heterocycles. The highest BCUT2D eigenvalue weighted by molar-refractivity contribution is 7.17. The van der Waals surface area contributed by atoms with Gasteiger partial charge in [0.15, 0.2) is 0 Å². The van der Waals surface area contributed by atoms with Gasteiger partial charge in [-0.1, -0.05) is 35.9 Å². The Morgan fingerprint density at radius 2 is 1.74 bits per heavy atom. The number of nitrogens with one attached hydrogen (secondary N) is 1. The third kappa shape index (κ3) is 4.60. The Hall–Kier alpha value is -2.99. The number of rotatable bonds is 5. The van der Waals surface area contributed by atoms with Crippen molar-refractivity contribution >= 4 is 28.8 Å². The van der Waals surface area contributed by atoms with Crippen LogP contribution >= 0.6 is 11.3 Å². The highest BCUT2D eigenvalue weighted by Gasteiger charge is 2.18. The van der Waals surface area contributed by atoms with Crippen molar-refractivity contribution in [3.63, 3.8) is 0 Å². The molecule has 0 fully saturated rings. The molecule has 0 saturated carbocycles. The van der Waals surface area contributed by atoms with Crippen LogP contribution in [0.1, 0.15) is 15.2 Å². The lowest BCUT2D eigenvalue weighted by molar-refractivity contribution is -0.116. The lowest BCUT2D eigenvalue weighted by Gasteiger charge is -2.16. The molecule has 0 unspecified atom stereocenters. The SMILES string of the molecule is Cc1ccc(NC(=O)CN(C)C(=O)c2ccc(-c3ccccc3F)s2)cc1. The fourth-order valence-corrected chi connectivity index (χ4v) is 3.60. The predicted octanol–water partition coefficient (Wildman–Crippen LogP) is 4.57. The first-order chi connectivity index (χ1) is 12.9. The van der Waals surface area contributed by atoms with Gasteiger partial charge < -0.3 is 10.2 Å². The molecule has 4 nitrogen and oxygen atoms in total. The Balaban J connectivity index is 1.64. The first kappa shape index (κ1) is 18.8. The number of thiophene rings is 1. The molecule has 1 aromatic heterocycles. The minimum atomic E-state index is -0.329. The third-order valence-corrected chi connectivity index (χ3v) is 5.13. The molecule has 3 aromatic rings. The van der Waals surface area contributed by atoms with Crippen LogP contribution < -0.4 is 5.32 Å². The van der Waals surface area contributed by atoms with Crippen LogP contribution in [0.5, 0.6) is 0 Å². The van der Waals surface area contributed by atoms with Crippen molar-refractivity contribution in [3.05, 3.63) is 76.9 Å². The summed E-state index contributed by atoms with van der Waals surface area (Å²) in [6, 6.07) is 17.2. The van der Waals surface area contributed by atoms with E-state index in [-0.39, 0.29) is 24.2 Å². The zero-order chi connectivity index (χ0) is 19.4. The van der Waals surface area contributed by atoms with Crippen LogP contribution in [-0.2, 0) is 4.79 Å². The summed E-state index contributed by atoms with van der Waals surface area (Å²) in [6.07, 6.45) is 0. The molecule has 27 heavy (non-hydrogen) atoms. The predicted molar refractivity (Wildman–Crippen MR) is 106 cm³/mol. The fraction of sp³-hybridized carbons (Fsp3) is 0.143. The van der Waals surface area contributed by atoms with Crippen molar-refractivity contribution < 1.29 is 14.0 Å². The number of carbonyl (C=O) groups is 2. The Bertz CT molecular complexity index is 966. The van der Waals surface area contributed by atoms with E-state index in [0.29, 0.717) is 21.0 Å². The van der Waals surface area contributed by atoms with Gasteiger partial charge in [0.1, 0.15) is 5.82 Å². The highest BCUT2D eigenvalue weighted by Crippen LogP contribution is 2.30. The number of aryl methyl sites for hydroxylation is 1. The topological polar surface area (TPSA) is 49.4 Å². The quantitative estimate of drug-likeness (QED) is 0.703. The van der Waals surface area contributed by atoms with E-state index in [1.807, 2.05) is 31.2 Å². The molecule has 0 spiro atoms. The minimum absolute atomic E-state index is 0.0698. The molecule has 0 aliphatic rings. The van der Waals surface area contributed by atoms with Crippen molar-refractivity contribution in [2.45, 2.75) is 6.92 Å². The number of anilines is 1. The van der Waals surface area contributed by atoms with Crippen molar-refractivity contribution in [2.24, 2.45) is 0 Å². The summed E-state index contributed by atoms with van der Waals surface area (Å²) in [5, 5.41) is 2.77. The monoisotopic (exact) mass is 382 g/mol. The summed E-state index contributed by atoms with van der Waals surface area (Å²) in [5.41, 5.74) is 2.24. The molecule has 1 N–H and O–H groups in total. The number of hydrogen-bond donors (Lipinski definition) is 1. The average Bonchev–Trinajstić information content (AvgIpc) is 3.13. The van der Waals surface area contributed by atoms with Crippen LogP contribution in [-0.4, -0.2) is 30.3 Å². The number of hydrogen-bond acceptors (Lipinski definition) is 3. The Labute approximate surface area is 161 Å². The van der Waals surface area contributed by atoms with Gasteiger partial charge in [-0.3, -0.25) is 9.59 Å². The summed E-state index contributed by atoms with van der Waals surface area (Å²) in [6.45, 7) is 1.90. The summed E-state index contributed by atoms with van der Waals surface area (Å²) in [4.78, 5) is 27.2. The largest absolute Gasteiger partial charge is 0.332 e. The molecule has 6 heteroatoms. The zero-order valence-electron chi connectivity index (χ0n) is 15.0. The van der Waals surface area contributed by atoms with Gasteiger partial charge in [0.2, 0.25) is 5.91 Å². The van der Waals surface area contributed by atoms with Gasteiger partial charge in [-0.25, -0.2) is 4.39 Å². The van der Waals surface area contributed by atoms with Gasteiger partial charge in [-0.2, -0.15) is 0 Å². The lowest BCUT2D eigenvalue weighted by atomic mass is 10.2. The van der Waals surface area contributed by atoms with E-state index in [2.05, 4.69) is 5.32 Å². The van der Waals surface area contributed by atoms with Crippen LogP contribution in [0, 0.1) is 12.7 Å². The molecular formula is C21H19FN2O2S. The Kier molecular flexibility index (Phi) is 5.66. The van der Waals surface area contributed by atoms with Gasteiger partial charge in [-0.15, -0.1) is 11.3 Å². The number of amides is 2. The van der Waals surface area contributed by atoms with Crippen LogP contribution in [0.2, 0.25) is 0 Å². The number of carbonyl (C=O) groups excluding carboxylic acids is 2. The minimum Gasteiger partial charge on any atom is -0.332 e. The average molecular weight is 382 g/mol. The van der Waals surface area contributed by atoms with Gasteiger partial charge in [0.05, 0.1) is 11.4 Å². The molecule has 2 amide bonds. The van der Waals surface area contributed by atoms with Crippen molar-refractivity contribution in [1.29, 1.82) is 0 Å². The van der Waals surface area contributed by atoms with E-state index in [1.165, 1.54) is 22.3 Å². The zero-order valence-corrected chi connectivity index (χ0v) is 15.8. The van der Waals surface area contributed by atoms with E-state index >= 15 is 0 Å². The molecule has 0 atom stereocenters. The molecular weight excluding hydrogens is 363 g/mol. The molecule has 0 saturated heterocycles. The van der Waals surface area contributed by atoms with Crippen LogP contribution in [0.15, 0.2) is 60.7 Å². The van der Waals surface area contributed by atoms with Crippen LogP contribution in [0.3, 0.4) is 0 Å². The van der Waals surface area contributed by atoms with Crippen molar-refractivity contribution in [2.75, 3.05) is 18.9 Å². The number of likely N-dealkylation sites (N-methyl/N-ethyl adjacent to an activating group) is 1. The summed E-state index contributed by atoms with van der Waals surface area (Å²) in [5.74, 6) is -0.883. The summed E-state index contributed by atoms with van der Waals surface area (Å²) >= 11 is 1.21. The Morgan fingerprint density at radius 1 is 1.04 bits per heavy atom. The normalized spacial score (nSPS) is 10.5. The van der Waals surface area contributed by atoms with Gasteiger partial charge in [0.25, 0.3) is 5.91 Å². The highest BCUT2D eigenvalue weighted by atomic mass is 32.1. The summed E-state index contributed by atoms with van der Waals surface area (Å²) in [7, 11) is 1.57. The second kappa shape index (κ2) is 8.14. The second-order valence-electron chi connectivity index (χ2n) is 6.22. The second-order valence-corrected chi connectivity index (χ2v) is 7.30. The molecule has 0 aliphatic carbocycles. The number of nitrogens with zero attached hydrogens (tertiary/aromatic N) is 1. The number of benzene rings is 2. The van der Waals surface area contributed by atoms with E-state index in [0.717, 1.165) is 5.56 Å². The van der Waals surface area contributed by atoms with E-state index in [4.69, 9.17) is 0 Å². The van der Waals surface area contributed by atoms with E-state index in [1.54, 1.807) is 37.4 Å². The molecule has 0 radical (unpaired) electrons. The van der Waals surface area contributed by atoms with Gasteiger partial charge in [0, 0.05) is 23.2 Å². The van der Waals surface area contributed by atoms with Crippen LogP contribution in [0.4, 0.5) is 10.1 Å². The third-order valence-electron chi connectivity index (χ3n) is 4.02. The van der Waals surface area contributed by atoms with E-state index in [9.17, 15) is 14.0 Å². The Morgan fingerprint density at radius 3 is 2.44 bits per heavy atom. The van der Waals surface area contributed by atoms with Crippen molar-refractivity contribution in [3.8, 4) is 10.4 Å². The van der Waals surface area contributed by atoms with Gasteiger partial charge >= 0.3 is 0 Å². The smallest absolute Gasteiger partial charge is 0.264 e. The molecule has 3 rings (SSSR count). The number of halogens is 1. The first-order valence-corrected chi connectivity index (χ1v) is 9.22. The lowest BCUT2D eigenvalue weighted by Crippen LogP contribution is -2.34. The van der Waals surface area contributed by atoms with E-state index < -0.39 is 0 Å². The maximum absolute atomic E-state index is 13.9. The van der Waals surface area contributed by atoms with Gasteiger partial charge in [-0.05, 0) is 37.3 Å². The maximum atomic E-state index is 13.9. The first-order valence-electron chi connectivity index (χ1n) is 8.41. The fourth-order valence-electron chi connectivity index (χ4n) is 2.57. The van der Waals surface area contributed by atoms with Crippen molar-refractivity contribution in [1.82, 2.24) is 4.90 Å².